The summed E-state index contributed by atoms with van der Waals surface area (Å²) in [5, 5.41) is 11.4. The van der Waals surface area contributed by atoms with E-state index in [0.717, 1.165) is 16.5 Å². The highest BCUT2D eigenvalue weighted by Gasteiger charge is 2.19. The molecule has 0 bridgehead atoms. The Labute approximate surface area is 154 Å². The maximum absolute atomic E-state index is 13.9. The van der Waals surface area contributed by atoms with Crippen LogP contribution in [0.25, 0.3) is 22.2 Å². The SMILES string of the molecule is CCOC(=O)c1n[nH]nc1-c1ccc2c(ccn2Cc2ccccc2F)c1. The first-order chi connectivity index (χ1) is 13.2. The minimum Gasteiger partial charge on any atom is -0.461 e. The Morgan fingerprint density at radius 2 is 2.04 bits per heavy atom. The van der Waals surface area contributed by atoms with Crippen molar-refractivity contribution in [1.29, 1.82) is 0 Å². The van der Waals surface area contributed by atoms with Crippen LogP contribution >= 0.6 is 0 Å². The van der Waals surface area contributed by atoms with Gasteiger partial charge in [0.15, 0.2) is 5.69 Å². The molecule has 0 saturated heterocycles. The van der Waals surface area contributed by atoms with E-state index in [4.69, 9.17) is 4.74 Å². The molecule has 0 atom stereocenters. The number of hydrogen-bond acceptors (Lipinski definition) is 4. The van der Waals surface area contributed by atoms with Crippen LogP contribution in [0, 0.1) is 5.82 Å². The van der Waals surface area contributed by atoms with Gasteiger partial charge in [0.2, 0.25) is 0 Å². The second-order valence-corrected chi connectivity index (χ2v) is 6.05. The Balaban J connectivity index is 1.68. The third-order valence-corrected chi connectivity index (χ3v) is 4.36. The number of carbonyl (C=O) groups is 1. The van der Waals surface area contributed by atoms with Crippen LogP contribution in [0.4, 0.5) is 4.39 Å². The van der Waals surface area contributed by atoms with Crippen molar-refractivity contribution in [2.45, 2.75) is 13.5 Å². The number of esters is 1. The highest BCUT2D eigenvalue weighted by atomic mass is 19.1. The number of fused-ring (bicyclic) bond motifs is 1. The largest absolute Gasteiger partial charge is 0.461 e. The molecule has 0 amide bonds. The predicted octanol–water partition coefficient (Wildman–Crippen LogP) is 3.79. The molecule has 6 nitrogen and oxygen atoms in total. The van der Waals surface area contributed by atoms with Gasteiger partial charge in [0.05, 0.1) is 13.2 Å². The average molecular weight is 364 g/mol. The Morgan fingerprint density at radius 3 is 2.85 bits per heavy atom. The Hall–Kier alpha value is -3.48. The van der Waals surface area contributed by atoms with Gasteiger partial charge >= 0.3 is 5.97 Å². The van der Waals surface area contributed by atoms with Gasteiger partial charge in [-0.2, -0.15) is 10.3 Å². The zero-order chi connectivity index (χ0) is 18.8. The third-order valence-electron chi connectivity index (χ3n) is 4.36. The number of aromatic amines is 1. The fourth-order valence-corrected chi connectivity index (χ4v) is 3.07. The van der Waals surface area contributed by atoms with Crippen LogP contribution in [-0.4, -0.2) is 32.6 Å². The first-order valence-electron chi connectivity index (χ1n) is 8.58. The summed E-state index contributed by atoms with van der Waals surface area (Å²) in [6.07, 6.45) is 1.91. The van der Waals surface area contributed by atoms with E-state index in [1.165, 1.54) is 6.07 Å². The van der Waals surface area contributed by atoms with Crippen molar-refractivity contribution < 1.29 is 13.9 Å². The number of ether oxygens (including phenoxy) is 1. The van der Waals surface area contributed by atoms with Crippen LogP contribution in [0.1, 0.15) is 23.0 Å². The number of carbonyl (C=O) groups excluding carboxylic acids is 1. The zero-order valence-electron chi connectivity index (χ0n) is 14.6. The van der Waals surface area contributed by atoms with E-state index in [1.54, 1.807) is 19.1 Å². The fraction of sp³-hybridized carbons (Fsp3) is 0.150. The van der Waals surface area contributed by atoms with Gasteiger partial charge in [0, 0.05) is 28.2 Å². The molecule has 0 aliphatic heterocycles. The molecule has 7 heteroatoms. The van der Waals surface area contributed by atoms with Gasteiger partial charge < -0.3 is 9.30 Å². The van der Waals surface area contributed by atoms with Crippen LogP contribution in [0.15, 0.2) is 54.7 Å². The van der Waals surface area contributed by atoms with Crippen LogP contribution in [0.3, 0.4) is 0 Å². The average Bonchev–Trinajstić information content (AvgIpc) is 3.31. The zero-order valence-corrected chi connectivity index (χ0v) is 14.6. The van der Waals surface area contributed by atoms with Gasteiger partial charge in [-0.25, -0.2) is 9.18 Å². The van der Waals surface area contributed by atoms with E-state index < -0.39 is 5.97 Å². The first-order valence-corrected chi connectivity index (χ1v) is 8.58. The van der Waals surface area contributed by atoms with E-state index in [9.17, 15) is 9.18 Å². The highest BCUT2D eigenvalue weighted by Crippen LogP contribution is 2.26. The molecule has 0 radical (unpaired) electrons. The summed E-state index contributed by atoms with van der Waals surface area (Å²) in [4.78, 5) is 12.0. The van der Waals surface area contributed by atoms with Crippen molar-refractivity contribution in [2.24, 2.45) is 0 Å². The van der Waals surface area contributed by atoms with E-state index in [1.807, 2.05) is 41.1 Å². The summed E-state index contributed by atoms with van der Waals surface area (Å²) >= 11 is 0. The molecule has 27 heavy (non-hydrogen) atoms. The number of H-pyrrole nitrogens is 1. The van der Waals surface area contributed by atoms with Crippen LogP contribution < -0.4 is 0 Å². The molecule has 0 unspecified atom stereocenters. The molecular weight excluding hydrogens is 347 g/mol. The number of rotatable bonds is 5. The molecular formula is C20H17FN4O2. The van der Waals surface area contributed by atoms with Gasteiger partial charge in [0.25, 0.3) is 0 Å². The van der Waals surface area contributed by atoms with Crippen LogP contribution in [0.5, 0.6) is 0 Å². The number of aromatic nitrogens is 4. The lowest BCUT2D eigenvalue weighted by Crippen LogP contribution is -2.06. The number of nitrogens with zero attached hydrogens (tertiary/aromatic N) is 3. The van der Waals surface area contributed by atoms with Crippen molar-refractivity contribution in [1.82, 2.24) is 20.0 Å². The predicted molar refractivity (Wildman–Crippen MR) is 98.8 cm³/mol. The Kier molecular flexibility index (Phi) is 4.42. The fourth-order valence-electron chi connectivity index (χ4n) is 3.07. The topological polar surface area (TPSA) is 72.8 Å². The van der Waals surface area contributed by atoms with Crippen LogP contribution in [-0.2, 0) is 11.3 Å². The molecule has 136 valence electrons. The first kappa shape index (κ1) is 17.0. The second-order valence-electron chi connectivity index (χ2n) is 6.05. The van der Waals surface area contributed by atoms with Crippen molar-refractivity contribution in [2.75, 3.05) is 6.61 Å². The summed E-state index contributed by atoms with van der Waals surface area (Å²) in [7, 11) is 0. The summed E-state index contributed by atoms with van der Waals surface area (Å²) < 4.78 is 20.9. The monoisotopic (exact) mass is 364 g/mol. The highest BCUT2D eigenvalue weighted by molar-refractivity contribution is 5.95. The smallest absolute Gasteiger partial charge is 0.361 e. The van der Waals surface area contributed by atoms with Gasteiger partial charge in [-0.3, -0.25) is 0 Å². The number of benzene rings is 2. The lowest BCUT2D eigenvalue weighted by Gasteiger charge is -2.07. The number of hydrogen-bond donors (Lipinski definition) is 1. The molecule has 0 aliphatic carbocycles. The molecule has 2 aromatic heterocycles. The van der Waals surface area contributed by atoms with Crippen molar-refractivity contribution >= 4 is 16.9 Å². The summed E-state index contributed by atoms with van der Waals surface area (Å²) in [6, 6.07) is 14.4. The molecule has 0 spiro atoms. The van der Waals surface area contributed by atoms with Crippen molar-refractivity contribution in [3.8, 4) is 11.3 Å². The summed E-state index contributed by atoms with van der Waals surface area (Å²) in [5.41, 5.74) is 2.94. The van der Waals surface area contributed by atoms with Crippen LogP contribution in [0.2, 0.25) is 0 Å². The van der Waals surface area contributed by atoms with E-state index in [0.29, 0.717) is 17.8 Å². The maximum atomic E-state index is 13.9. The van der Waals surface area contributed by atoms with Gasteiger partial charge in [0.1, 0.15) is 11.5 Å². The number of halogens is 1. The summed E-state index contributed by atoms with van der Waals surface area (Å²) in [5.74, 6) is -0.740. The Bertz CT molecular complexity index is 1120. The van der Waals surface area contributed by atoms with Crippen molar-refractivity contribution in [3.05, 3.63) is 71.8 Å². The molecule has 4 aromatic rings. The maximum Gasteiger partial charge on any atom is 0.361 e. The molecule has 0 fully saturated rings. The Morgan fingerprint density at radius 1 is 1.19 bits per heavy atom. The third kappa shape index (κ3) is 3.19. The normalized spacial score (nSPS) is 11.0. The summed E-state index contributed by atoms with van der Waals surface area (Å²) in [6.45, 7) is 2.44. The molecule has 4 rings (SSSR count). The molecule has 2 aromatic carbocycles. The number of nitrogens with one attached hydrogen (secondary N) is 1. The van der Waals surface area contributed by atoms with Gasteiger partial charge in [-0.15, -0.1) is 5.10 Å². The lowest BCUT2D eigenvalue weighted by molar-refractivity contribution is 0.0520. The van der Waals surface area contributed by atoms with E-state index in [-0.39, 0.29) is 18.1 Å². The molecule has 1 N–H and O–H groups in total. The molecule has 0 aliphatic rings. The minimum atomic E-state index is -0.515. The molecule has 0 saturated carbocycles. The molecule has 2 heterocycles. The van der Waals surface area contributed by atoms with Gasteiger partial charge in [-0.1, -0.05) is 24.3 Å². The second kappa shape index (κ2) is 7.03. The quantitative estimate of drug-likeness (QED) is 0.547. The standard InChI is InChI=1S/C20H17FN4O2/c1-2-27-20(26)19-18(22-24-23-19)14-7-8-17-13(11-14)9-10-25(17)12-15-5-3-4-6-16(15)21/h3-11H,2,12H2,1H3,(H,22,23,24). The minimum absolute atomic E-state index is 0.155. The van der Waals surface area contributed by atoms with Gasteiger partial charge in [-0.05, 0) is 31.2 Å². The lowest BCUT2D eigenvalue weighted by atomic mass is 10.1. The van der Waals surface area contributed by atoms with E-state index >= 15 is 0 Å². The van der Waals surface area contributed by atoms with E-state index in [2.05, 4.69) is 15.4 Å². The van der Waals surface area contributed by atoms with Crippen molar-refractivity contribution in [3.63, 3.8) is 0 Å².